The molecule has 5 heteroatoms. The fourth-order valence-electron chi connectivity index (χ4n) is 5.22. The van der Waals surface area contributed by atoms with Gasteiger partial charge < -0.3 is 5.32 Å². The molecule has 1 fully saturated rings. The number of para-hydroxylation sites is 2. The maximum atomic E-state index is 13.7. The van der Waals surface area contributed by atoms with Gasteiger partial charge in [-0.25, -0.2) is 9.97 Å². The van der Waals surface area contributed by atoms with Gasteiger partial charge in [0.05, 0.1) is 27.8 Å². The van der Waals surface area contributed by atoms with Crippen LogP contribution in [0.3, 0.4) is 0 Å². The minimum atomic E-state index is -0.683. The van der Waals surface area contributed by atoms with Crippen molar-refractivity contribution in [3.63, 3.8) is 0 Å². The van der Waals surface area contributed by atoms with Gasteiger partial charge in [-0.3, -0.25) is 9.78 Å². The molecule has 2 bridgehead atoms. The molecule has 2 aromatic heterocycles. The zero-order chi connectivity index (χ0) is 18.9. The van der Waals surface area contributed by atoms with Crippen molar-refractivity contribution in [2.45, 2.75) is 44.4 Å². The van der Waals surface area contributed by atoms with E-state index in [0.717, 1.165) is 41.0 Å². The number of nitrogens with one attached hydrogen (secondary N) is 1. The molecule has 1 aromatic carbocycles. The van der Waals surface area contributed by atoms with Gasteiger partial charge in [0.2, 0.25) is 5.91 Å². The third-order valence-electron chi connectivity index (χ3n) is 7.27. The molecule has 0 aliphatic heterocycles. The van der Waals surface area contributed by atoms with Crippen LogP contribution in [0.25, 0.3) is 11.0 Å². The molecule has 0 radical (unpaired) electrons. The van der Waals surface area contributed by atoms with Crippen molar-refractivity contribution in [3.8, 4) is 0 Å². The Hall–Kier alpha value is -2.82. The van der Waals surface area contributed by atoms with E-state index in [2.05, 4.69) is 31.1 Å². The van der Waals surface area contributed by atoms with Crippen molar-refractivity contribution in [1.82, 2.24) is 15.0 Å². The highest BCUT2D eigenvalue weighted by Crippen LogP contribution is 2.70. The summed E-state index contributed by atoms with van der Waals surface area (Å²) in [5.74, 6) is 0.00533. The van der Waals surface area contributed by atoms with Crippen LogP contribution in [0, 0.1) is 5.41 Å². The number of benzene rings is 1. The van der Waals surface area contributed by atoms with Gasteiger partial charge in [0, 0.05) is 23.5 Å². The molecule has 2 heterocycles. The number of aromatic nitrogens is 3. The molecule has 2 aliphatic rings. The highest BCUT2D eigenvalue weighted by atomic mass is 16.2. The molecule has 1 saturated carbocycles. The van der Waals surface area contributed by atoms with Crippen LogP contribution in [0.4, 0.5) is 5.69 Å². The van der Waals surface area contributed by atoms with Crippen molar-refractivity contribution >= 4 is 22.6 Å². The monoisotopic (exact) mass is 358 g/mol. The Labute approximate surface area is 158 Å². The quantitative estimate of drug-likeness (QED) is 0.752. The Bertz CT molecular complexity index is 1080. The van der Waals surface area contributed by atoms with Crippen LogP contribution in [-0.4, -0.2) is 20.9 Å². The van der Waals surface area contributed by atoms with Crippen LogP contribution in [0.2, 0.25) is 0 Å². The maximum absolute atomic E-state index is 13.7. The fourth-order valence-corrected chi connectivity index (χ4v) is 5.22. The molecule has 0 unspecified atom stereocenters. The van der Waals surface area contributed by atoms with E-state index in [1.165, 1.54) is 0 Å². The lowest BCUT2D eigenvalue weighted by Crippen LogP contribution is -2.48. The Morgan fingerprint density at radius 1 is 0.926 bits per heavy atom. The molecule has 136 valence electrons. The fraction of sp³-hybridized carbons (Fsp3) is 0.364. The molecule has 1 N–H and O–H groups in total. The lowest BCUT2D eigenvalue weighted by molar-refractivity contribution is -0.125. The lowest BCUT2D eigenvalue weighted by atomic mass is 9.63. The number of carbonyl (C=O) groups excluding carboxylic acids is 1. The van der Waals surface area contributed by atoms with Crippen molar-refractivity contribution in [2.75, 3.05) is 5.32 Å². The average molecular weight is 358 g/mol. The highest BCUT2D eigenvalue weighted by molar-refractivity contribution is 6.01. The minimum absolute atomic E-state index is 0.00533. The summed E-state index contributed by atoms with van der Waals surface area (Å²) in [4.78, 5) is 27.6. The van der Waals surface area contributed by atoms with Crippen LogP contribution in [0.1, 0.15) is 45.0 Å². The van der Waals surface area contributed by atoms with Crippen LogP contribution < -0.4 is 5.32 Å². The first-order chi connectivity index (χ1) is 12.9. The number of pyridine rings is 1. The van der Waals surface area contributed by atoms with Crippen molar-refractivity contribution < 1.29 is 4.79 Å². The molecule has 5 nitrogen and oxygen atoms in total. The normalized spacial score (nSPS) is 27.5. The highest BCUT2D eigenvalue weighted by Gasteiger charge is 2.73. The number of fused-ring (bicyclic) bond motifs is 6. The summed E-state index contributed by atoms with van der Waals surface area (Å²) in [6.45, 7) is 6.63. The van der Waals surface area contributed by atoms with Gasteiger partial charge in [0.15, 0.2) is 0 Å². The largest absolute Gasteiger partial charge is 0.325 e. The second-order valence-corrected chi connectivity index (χ2v) is 8.46. The molecule has 2 atom stereocenters. The average Bonchev–Trinajstić information content (AvgIpc) is 2.97. The number of hydrogen-bond donors (Lipinski definition) is 1. The van der Waals surface area contributed by atoms with E-state index < -0.39 is 5.41 Å². The lowest BCUT2D eigenvalue weighted by Gasteiger charge is -2.39. The summed E-state index contributed by atoms with van der Waals surface area (Å²) < 4.78 is 0. The van der Waals surface area contributed by atoms with Gasteiger partial charge in [0.1, 0.15) is 0 Å². The van der Waals surface area contributed by atoms with E-state index >= 15 is 0 Å². The number of carbonyl (C=O) groups is 1. The Balaban J connectivity index is 1.72. The smallest absolute Gasteiger partial charge is 0.237 e. The second-order valence-electron chi connectivity index (χ2n) is 8.46. The van der Waals surface area contributed by atoms with E-state index in [1.807, 2.05) is 36.4 Å². The number of hydrogen-bond acceptors (Lipinski definition) is 4. The zero-order valence-electron chi connectivity index (χ0n) is 15.8. The Morgan fingerprint density at radius 2 is 1.56 bits per heavy atom. The van der Waals surface area contributed by atoms with E-state index in [9.17, 15) is 4.79 Å². The number of amides is 1. The molecular formula is C22H22N4O. The van der Waals surface area contributed by atoms with Gasteiger partial charge in [-0.15, -0.1) is 0 Å². The van der Waals surface area contributed by atoms with Crippen LogP contribution >= 0.6 is 0 Å². The van der Waals surface area contributed by atoms with Gasteiger partial charge >= 0.3 is 0 Å². The first-order valence-corrected chi connectivity index (χ1v) is 9.39. The van der Waals surface area contributed by atoms with E-state index in [1.54, 1.807) is 12.4 Å². The summed E-state index contributed by atoms with van der Waals surface area (Å²) in [5.41, 5.74) is 3.21. The summed E-state index contributed by atoms with van der Waals surface area (Å²) in [7, 11) is 0. The predicted octanol–water partition coefficient (Wildman–Crippen LogP) is 3.99. The SMILES string of the molecule is CC1(C)[C@@]2(C)CC[C@@]1(C(=O)Nc1ccncc1)c1nc3ccccc3nc12. The zero-order valence-corrected chi connectivity index (χ0v) is 15.8. The van der Waals surface area contributed by atoms with E-state index in [0.29, 0.717) is 0 Å². The maximum Gasteiger partial charge on any atom is 0.237 e. The number of nitrogens with zero attached hydrogens (tertiary/aromatic N) is 3. The first kappa shape index (κ1) is 16.4. The van der Waals surface area contributed by atoms with Gasteiger partial charge in [-0.05, 0) is 42.5 Å². The van der Waals surface area contributed by atoms with Gasteiger partial charge in [-0.2, -0.15) is 0 Å². The second kappa shape index (κ2) is 5.12. The van der Waals surface area contributed by atoms with Gasteiger partial charge in [0.25, 0.3) is 0 Å². The van der Waals surface area contributed by atoms with Crippen LogP contribution in [0.15, 0.2) is 48.8 Å². The number of rotatable bonds is 2. The van der Waals surface area contributed by atoms with Crippen LogP contribution in [0.5, 0.6) is 0 Å². The predicted molar refractivity (Wildman–Crippen MR) is 104 cm³/mol. The molecule has 5 rings (SSSR count). The Morgan fingerprint density at radius 3 is 2.22 bits per heavy atom. The molecule has 1 amide bonds. The van der Waals surface area contributed by atoms with Crippen molar-refractivity contribution in [1.29, 1.82) is 0 Å². The summed E-state index contributed by atoms with van der Waals surface area (Å²) >= 11 is 0. The molecular weight excluding hydrogens is 336 g/mol. The molecule has 2 aliphatic carbocycles. The standard InChI is InChI=1S/C22H22N4O/c1-20(2)21(3)10-11-22(20,19(27)24-14-8-12-23-13-9-14)18-17(21)25-15-6-4-5-7-16(15)26-18/h4-9,12-13H,10-11H2,1-3H3,(H,23,24,27)/t21-,22-/m0/s1. The van der Waals surface area contributed by atoms with Crippen LogP contribution in [-0.2, 0) is 15.6 Å². The summed E-state index contributed by atoms with van der Waals surface area (Å²) in [6.07, 6.45) is 5.09. The van der Waals surface area contributed by atoms with Crippen molar-refractivity contribution in [2.24, 2.45) is 5.41 Å². The minimum Gasteiger partial charge on any atom is -0.325 e. The number of anilines is 1. The molecule has 3 aromatic rings. The molecule has 0 saturated heterocycles. The summed E-state index contributed by atoms with van der Waals surface area (Å²) in [6, 6.07) is 11.5. The van der Waals surface area contributed by atoms with E-state index in [-0.39, 0.29) is 16.7 Å². The third kappa shape index (κ3) is 1.84. The Kier molecular flexibility index (Phi) is 3.10. The topological polar surface area (TPSA) is 67.8 Å². The third-order valence-corrected chi connectivity index (χ3v) is 7.27. The first-order valence-electron chi connectivity index (χ1n) is 9.39. The van der Waals surface area contributed by atoms with Gasteiger partial charge in [-0.1, -0.05) is 32.9 Å². The molecule has 0 spiro atoms. The summed E-state index contributed by atoms with van der Waals surface area (Å²) in [5, 5.41) is 3.12. The van der Waals surface area contributed by atoms with Crippen molar-refractivity contribution in [3.05, 3.63) is 60.2 Å². The molecule has 27 heavy (non-hydrogen) atoms. The van der Waals surface area contributed by atoms with E-state index in [4.69, 9.17) is 9.97 Å².